The number of hydrogen-bond acceptors (Lipinski definition) is 3. The molecule has 0 saturated heterocycles. The second-order valence-electron chi connectivity index (χ2n) is 3.87. The first-order valence-electron chi connectivity index (χ1n) is 5.43. The van der Waals surface area contributed by atoms with Crippen LogP contribution in [0.5, 0.6) is 0 Å². The third-order valence-electron chi connectivity index (χ3n) is 2.74. The summed E-state index contributed by atoms with van der Waals surface area (Å²) >= 11 is 0. The summed E-state index contributed by atoms with van der Waals surface area (Å²) in [4.78, 5) is 2.50. The number of aromatic nitrogens is 3. The Morgan fingerprint density at radius 2 is 2.38 bits per heavy atom. The smallest absolute Gasteiger partial charge is 0.0889 e. The molecule has 4 nitrogen and oxygen atoms in total. The van der Waals surface area contributed by atoms with Gasteiger partial charge in [0.1, 0.15) is 0 Å². The largest absolute Gasteiger partial charge is 0.297 e. The first-order chi connectivity index (χ1) is 7.76. The van der Waals surface area contributed by atoms with Crippen molar-refractivity contribution in [2.45, 2.75) is 26.3 Å². The van der Waals surface area contributed by atoms with Crippen molar-refractivity contribution in [2.75, 3.05) is 13.1 Å². The van der Waals surface area contributed by atoms with Gasteiger partial charge in [-0.3, -0.25) is 4.90 Å². The molecule has 0 aromatic carbocycles. The van der Waals surface area contributed by atoms with Crippen molar-refractivity contribution < 1.29 is 0 Å². The molecule has 8 heteroatoms. The number of hydrogen-bond donors (Lipinski definition) is 0. The number of nitrogens with zero attached hydrogens (tertiary/aromatic N) is 4. The second kappa shape index (κ2) is 6.12. The van der Waals surface area contributed by atoms with Crippen molar-refractivity contribution in [1.29, 1.82) is 0 Å². The van der Waals surface area contributed by atoms with Gasteiger partial charge in [-0.15, -0.1) is 14.0 Å². The maximum absolute atomic E-state index is 4.30. The number of rotatable bonds is 4. The highest BCUT2D eigenvalue weighted by Crippen LogP contribution is 2.66. The zero-order valence-electron chi connectivity index (χ0n) is 9.43. The monoisotopic (exact) mass is 294 g/mol. The van der Waals surface area contributed by atoms with Gasteiger partial charge < -0.3 is 0 Å². The molecule has 0 N–H and O–H groups in total. The van der Waals surface area contributed by atoms with Crippen molar-refractivity contribution in [1.82, 2.24) is 19.7 Å². The fraction of sp³-hybridized carbons (Fsp3) is 0.750. The van der Waals surface area contributed by atoms with Crippen LogP contribution < -0.4 is 0 Å². The van der Waals surface area contributed by atoms with E-state index in [0.29, 0.717) is 0 Å². The van der Waals surface area contributed by atoms with Crippen LogP contribution in [-0.4, -0.2) is 32.8 Å². The van der Waals surface area contributed by atoms with E-state index in [4.69, 9.17) is 0 Å². The molecular formula is C8H18N4P4. The number of fused-ring (bicyclic) bond motifs is 1. The molecule has 0 fully saturated rings. The highest BCUT2D eigenvalue weighted by Gasteiger charge is 2.23. The molecule has 0 radical (unpaired) electrons. The quantitative estimate of drug-likeness (QED) is 0.800. The van der Waals surface area contributed by atoms with Gasteiger partial charge in [0, 0.05) is 19.5 Å². The average molecular weight is 294 g/mol. The molecule has 2 rings (SSSR count). The molecule has 4 atom stereocenters. The van der Waals surface area contributed by atoms with Crippen LogP contribution in [0, 0.1) is 0 Å². The Labute approximate surface area is 104 Å². The molecule has 1 aliphatic rings. The van der Waals surface area contributed by atoms with Gasteiger partial charge >= 0.3 is 0 Å². The van der Waals surface area contributed by atoms with Crippen LogP contribution in [0.2, 0.25) is 0 Å². The van der Waals surface area contributed by atoms with E-state index >= 15 is 0 Å². The maximum Gasteiger partial charge on any atom is 0.0889 e. The lowest BCUT2D eigenvalue weighted by atomic mass is 10.1. The molecule has 1 aliphatic heterocycles. The van der Waals surface area contributed by atoms with Crippen LogP contribution in [-0.2, 0) is 13.0 Å². The van der Waals surface area contributed by atoms with Crippen LogP contribution >= 0.6 is 33.3 Å². The van der Waals surface area contributed by atoms with Crippen molar-refractivity contribution >= 4 is 33.3 Å². The predicted octanol–water partition coefficient (Wildman–Crippen LogP) is 2.46. The molecule has 0 aliphatic carbocycles. The molecule has 16 heavy (non-hydrogen) atoms. The highest BCUT2D eigenvalue weighted by molar-refractivity contribution is 8.60. The lowest BCUT2D eigenvalue weighted by molar-refractivity contribution is 0.249. The summed E-state index contributed by atoms with van der Waals surface area (Å²) < 4.78 is 2.14. The Balaban J connectivity index is 2.17. The van der Waals surface area contributed by atoms with Crippen molar-refractivity contribution in [3.8, 4) is 0 Å². The van der Waals surface area contributed by atoms with Gasteiger partial charge in [0.25, 0.3) is 0 Å². The third-order valence-corrected chi connectivity index (χ3v) is 12.2. The van der Waals surface area contributed by atoms with E-state index in [9.17, 15) is 0 Å². The molecule has 0 saturated carbocycles. The third kappa shape index (κ3) is 2.80. The standard InChI is InChI=1S/C8H18N4P4/c1-2-4-11-5-3-7-8(6-11)12(10-9-7)16(14)15-13/h15H,2-6,13-14H2,1H3. The van der Waals surface area contributed by atoms with Crippen LogP contribution in [0.1, 0.15) is 24.7 Å². The lowest BCUT2D eigenvalue weighted by Gasteiger charge is -2.26. The van der Waals surface area contributed by atoms with Gasteiger partial charge in [-0.2, -0.15) is 0 Å². The molecule has 0 amide bonds. The molecule has 2 heterocycles. The molecule has 90 valence electrons. The molecule has 0 spiro atoms. The minimum atomic E-state index is -0.256. The fourth-order valence-corrected chi connectivity index (χ4v) is 4.99. The summed E-state index contributed by atoms with van der Waals surface area (Å²) in [5.41, 5.74) is 2.56. The summed E-state index contributed by atoms with van der Waals surface area (Å²) in [5.74, 6) is 0. The van der Waals surface area contributed by atoms with E-state index in [1.54, 1.807) is 0 Å². The topological polar surface area (TPSA) is 34.0 Å². The minimum Gasteiger partial charge on any atom is -0.297 e. The Kier molecular flexibility index (Phi) is 5.07. The summed E-state index contributed by atoms with van der Waals surface area (Å²) in [6, 6.07) is 0. The minimum absolute atomic E-state index is 0.256. The Morgan fingerprint density at radius 1 is 1.56 bits per heavy atom. The highest BCUT2D eigenvalue weighted by atomic mass is 32.6. The second-order valence-corrected chi connectivity index (χ2v) is 12.7. The van der Waals surface area contributed by atoms with Crippen molar-refractivity contribution in [3.63, 3.8) is 0 Å². The fourth-order valence-electron chi connectivity index (χ4n) is 1.96. The van der Waals surface area contributed by atoms with Gasteiger partial charge in [0.2, 0.25) is 0 Å². The normalized spacial score (nSPS) is 19.2. The van der Waals surface area contributed by atoms with E-state index in [2.05, 4.69) is 44.4 Å². The van der Waals surface area contributed by atoms with E-state index in [1.807, 2.05) is 0 Å². The van der Waals surface area contributed by atoms with E-state index in [-0.39, 0.29) is 7.45 Å². The van der Waals surface area contributed by atoms with Gasteiger partial charge in [-0.05, 0) is 20.9 Å². The molecule has 4 unspecified atom stereocenters. The van der Waals surface area contributed by atoms with Gasteiger partial charge in [-0.25, -0.2) is 4.45 Å². The molecule has 1 aromatic heterocycles. The average Bonchev–Trinajstić information content (AvgIpc) is 2.71. The van der Waals surface area contributed by atoms with Gasteiger partial charge in [0.15, 0.2) is 0 Å². The van der Waals surface area contributed by atoms with E-state index < -0.39 is 0 Å². The zero-order chi connectivity index (χ0) is 11.5. The van der Waals surface area contributed by atoms with Crippen LogP contribution in [0.25, 0.3) is 0 Å². The van der Waals surface area contributed by atoms with Crippen molar-refractivity contribution in [3.05, 3.63) is 11.4 Å². The Bertz CT molecular complexity index is 356. The summed E-state index contributed by atoms with van der Waals surface area (Å²) in [5, 5.41) is 8.61. The molecular weight excluding hydrogens is 276 g/mol. The predicted molar refractivity (Wildman–Crippen MR) is 79.3 cm³/mol. The van der Waals surface area contributed by atoms with Crippen LogP contribution in [0.4, 0.5) is 0 Å². The summed E-state index contributed by atoms with van der Waals surface area (Å²) in [6.07, 6.45) is 2.28. The van der Waals surface area contributed by atoms with Crippen LogP contribution in [0.15, 0.2) is 0 Å². The first kappa shape index (κ1) is 13.3. The van der Waals surface area contributed by atoms with E-state index in [1.165, 1.54) is 24.4 Å². The summed E-state index contributed by atoms with van der Waals surface area (Å²) in [7, 11) is 6.29. The SMILES string of the molecule is CCCN1CCc2nnn(P(P)PP)c2C1. The van der Waals surface area contributed by atoms with Crippen LogP contribution in [0.3, 0.4) is 0 Å². The van der Waals surface area contributed by atoms with Gasteiger partial charge in [-0.1, -0.05) is 21.1 Å². The first-order valence-corrected chi connectivity index (χ1v) is 12.0. The van der Waals surface area contributed by atoms with Crippen molar-refractivity contribution in [2.24, 2.45) is 0 Å². The lowest BCUT2D eigenvalue weighted by Crippen LogP contribution is -2.31. The van der Waals surface area contributed by atoms with E-state index in [0.717, 1.165) is 27.5 Å². The summed E-state index contributed by atoms with van der Waals surface area (Å²) in [6.45, 7) is 5.58. The Morgan fingerprint density at radius 3 is 3.06 bits per heavy atom. The Hall–Kier alpha value is 0.820. The molecule has 0 bridgehead atoms. The zero-order valence-corrected chi connectivity index (χ0v) is 13.6. The van der Waals surface area contributed by atoms with Gasteiger partial charge in [0.05, 0.1) is 18.8 Å². The molecule has 1 aromatic rings. The maximum atomic E-state index is 4.30.